The summed E-state index contributed by atoms with van der Waals surface area (Å²) in [6, 6.07) is 0.818. The summed E-state index contributed by atoms with van der Waals surface area (Å²) in [5.41, 5.74) is -0.425. The van der Waals surface area contributed by atoms with E-state index < -0.39 is 5.60 Å². The molecule has 100 valence electrons. The molecular weight excluding hydrogens is 236 g/mol. The van der Waals surface area contributed by atoms with E-state index in [1.807, 2.05) is 39.5 Å². The van der Waals surface area contributed by atoms with Gasteiger partial charge in [-0.3, -0.25) is 0 Å². The first kappa shape index (κ1) is 14.6. The van der Waals surface area contributed by atoms with E-state index >= 15 is 0 Å². The van der Waals surface area contributed by atoms with Gasteiger partial charge in [-0.1, -0.05) is 0 Å². The molecule has 17 heavy (non-hydrogen) atoms. The molecule has 0 spiro atoms. The van der Waals surface area contributed by atoms with E-state index in [0.29, 0.717) is 6.04 Å². The molecule has 5 heteroatoms. The minimum atomic E-state index is -0.425. The van der Waals surface area contributed by atoms with Gasteiger partial charge >= 0.3 is 6.09 Å². The Labute approximate surface area is 108 Å². The molecule has 1 saturated heterocycles. The van der Waals surface area contributed by atoms with Crippen LogP contribution in [-0.4, -0.2) is 41.8 Å². The smallest absolute Gasteiger partial charge is 0.407 e. The summed E-state index contributed by atoms with van der Waals surface area (Å²) in [6.45, 7) is 8.55. The molecule has 1 rings (SSSR count). The molecule has 1 aliphatic rings. The molecule has 0 radical (unpaired) electrons. The van der Waals surface area contributed by atoms with Crippen molar-refractivity contribution in [2.24, 2.45) is 0 Å². The molecule has 0 aromatic rings. The van der Waals surface area contributed by atoms with Crippen molar-refractivity contribution in [1.29, 1.82) is 0 Å². The SMILES string of the molecule is CC(CCNC1CSC1)NC(=O)OC(C)(C)C. The van der Waals surface area contributed by atoms with E-state index in [1.54, 1.807) is 0 Å². The fourth-order valence-electron chi connectivity index (χ4n) is 1.44. The van der Waals surface area contributed by atoms with Gasteiger partial charge in [0.1, 0.15) is 5.60 Å². The average molecular weight is 260 g/mol. The second-order valence-corrected chi connectivity index (χ2v) is 6.60. The number of thioether (sulfide) groups is 1. The Morgan fingerprint density at radius 1 is 1.47 bits per heavy atom. The Morgan fingerprint density at radius 3 is 2.59 bits per heavy atom. The van der Waals surface area contributed by atoms with Crippen LogP contribution in [0, 0.1) is 0 Å². The maximum absolute atomic E-state index is 11.5. The van der Waals surface area contributed by atoms with Crippen LogP contribution in [0.1, 0.15) is 34.1 Å². The summed E-state index contributed by atoms with van der Waals surface area (Å²) in [6.07, 6.45) is 0.602. The second kappa shape index (κ2) is 6.50. The number of carbonyl (C=O) groups excluding carboxylic acids is 1. The molecule has 1 atom stereocenters. The minimum absolute atomic E-state index is 0.144. The predicted octanol–water partition coefficient (Wildman–Crippen LogP) is 1.99. The molecule has 1 heterocycles. The molecule has 0 saturated carbocycles. The van der Waals surface area contributed by atoms with Gasteiger partial charge in [0.25, 0.3) is 0 Å². The highest BCUT2D eigenvalue weighted by atomic mass is 32.2. The number of rotatable bonds is 5. The first-order chi connectivity index (χ1) is 7.87. The lowest BCUT2D eigenvalue weighted by Crippen LogP contribution is -2.43. The summed E-state index contributed by atoms with van der Waals surface area (Å²) in [5.74, 6) is 2.43. The Morgan fingerprint density at radius 2 is 2.12 bits per heavy atom. The molecule has 1 aliphatic heterocycles. The first-order valence-electron chi connectivity index (χ1n) is 6.17. The number of hydrogen-bond donors (Lipinski definition) is 2. The summed E-state index contributed by atoms with van der Waals surface area (Å²) in [4.78, 5) is 11.5. The quantitative estimate of drug-likeness (QED) is 0.794. The van der Waals surface area contributed by atoms with Crippen molar-refractivity contribution >= 4 is 17.9 Å². The van der Waals surface area contributed by atoms with Crippen molar-refractivity contribution in [2.45, 2.75) is 51.8 Å². The van der Waals surface area contributed by atoms with Gasteiger partial charge in [0.05, 0.1) is 0 Å². The van der Waals surface area contributed by atoms with E-state index in [4.69, 9.17) is 4.74 Å². The number of amides is 1. The van der Waals surface area contributed by atoms with Crippen LogP contribution in [0.5, 0.6) is 0 Å². The van der Waals surface area contributed by atoms with Crippen molar-refractivity contribution in [3.05, 3.63) is 0 Å². The summed E-state index contributed by atoms with van der Waals surface area (Å²) in [7, 11) is 0. The van der Waals surface area contributed by atoms with Crippen molar-refractivity contribution in [2.75, 3.05) is 18.1 Å². The number of alkyl carbamates (subject to hydrolysis) is 1. The van der Waals surface area contributed by atoms with Gasteiger partial charge in [-0.15, -0.1) is 0 Å². The van der Waals surface area contributed by atoms with Crippen LogP contribution in [-0.2, 0) is 4.74 Å². The largest absolute Gasteiger partial charge is 0.444 e. The average Bonchev–Trinajstić information content (AvgIpc) is 2.05. The zero-order valence-corrected chi connectivity index (χ0v) is 12.0. The van der Waals surface area contributed by atoms with E-state index in [0.717, 1.165) is 13.0 Å². The third-order valence-corrected chi connectivity index (χ3v) is 3.69. The predicted molar refractivity (Wildman–Crippen MR) is 72.6 cm³/mol. The van der Waals surface area contributed by atoms with Gasteiger partial charge in [0, 0.05) is 23.6 Å². The maximum atomic E-state index is 11.5. The van der Waals surface area contributed by atoms with Crippen LogP contribution in [0.3, 0.4) is 0 Å². The van der Waals surface area contributed by atoms with Gasteiger partial charge < -0.3 is 15.4 Å². The zero-order chi connectivity index (χ0) is 12.9. The van der Waals surface area contributed by atoms with Crippen LogP contribution in [0.2, 0.25) is 0 Å². The van der Waals surface area contributed by atoms with Crippen molar-refractivity contribution in [1.82, 2.24) is 10.6 Å². The molecule has 1 fully saturated rings. The Hall–Kier alpha value is -0.420. The van der Waals surface area contributed by atoms with Crippen LogP contribution < -0.4 is 10.6 Å². The molecule has 4 nitrogen and oxygen atoms in total. The van der Waals surface area contributed by atoms with Crippen molar-refractivity contribution in [3.8, 4) is 0 Å². The third kappa shape index (κ3) is 6.78. The third-order valence-electron chi connectivity index (χ3n) is 2.41. The lowest BCUT2D eigenvalue weighted by Gasteiger charge is -2.27. The van der Waals surface area contributed by atoms with Crippen molar-refractivity contribution in [3.63, 3.8) is 0 Å². The highest BCUT2D eigenvalue weighted by Crippen LogP contribution is 2.16. The lowest BCUT2D eigenvalue weighted by molar-refractivity contribution is 0.0506. The first-order valence-corrected chi connectivity index (χ1v) is 7.33. The molecule has 0 aliphatic carbocycles. The summed E-state index contributed by atoms with van der Waals surface area (Å²) < 4.78 is 5.19. The fourth-order valence-corrected chi connectivity index (χ4v) is 2.15. The second-order valence-electron chi connectivity index (χ2n) is 5.52. The Balaban J connectivity index is 2.06. The molecule has 1 unspecified atom stereocenters. The van der Waals surface area contributed by atoms with Gasteiger partial charge in [-0.25, -0.2) is 4.79 Å². The maximum Gasteiger partial charge on any atom is 0.407 e. The number of hydrogen-bond acceptors (Lipinski definition) is 4. The van der Waals surface area contributed by atoms with Gasteiger partial charge in [-0.2, -0.15) is 11.8 Å². The van der Waals surface area contributed by atoms with Gasteiger partial charge in [0.2, 0.25) is 0 Å². The van der Waals surface area contributed by atoms with Crippen LogP contribution in [0.4, 0.5) is 4.79 Å². The number of carbonyl (C=O) groups is 1. The minimum Gasteiger partial charge on any atom is -0.444 e. The fraction of sp³-hybridized carbons (Fsp3) is 0.917. The normalized spacial score (nSPS) is 18.4. The molecule has 1 amide bonds. The summed E-state index contributed by atoms with van der Waals surface area (Å²) in [5, 5.41) is 6.30. The van der Waals surface area contributed by atoms with Crippen LogP contribution in [0.25, 0.3) is 0 Å². The summed E-state index contributed by atoms with van der Waals surface area (Å²) >= 11 is 1.97. The molecule has 0 bridgehead atoms. The van der Waals surface area contributed by atoms with Crippen LogP contribution in [0.15, 0.2) is 0 Å². The highest BCUT2D eigenvalue weighted by molar-refractivity contribution is 8.00. The molecular formula is C12H24N2O2S. The number of nitrogens with one attached hydrogen (secondary N) is 2. The van der Waals surface area contributed by atoms with E-state index in [-0.39, 0.29) is 12.1 Å². The molecule has 0 aromatic carbocycles. The standard InChI is InChI=1S/C12H24N2O2S/c1-9(5-6-13-10-7-17-8-10)14-11(15)16-12(2,3)4/h9-10,13H,5-8H2,1-4H3,(H,14,15). The zero-order valence-electron chi connectivity index (χ0n) is 11.2. The van der Waals surface area contributed by atoms with Gasteiger partial charge in [0.15, 0.2) is 0 Å². The highest BCUT2D eigenvalue weighted by Gasteiger charge is 2.19. The monoisotopic (exact) mass is 260 g/mol. The molecule has 2 N–H and O–H groups in total. The van der Waals surface area contributed by atoms with E-state index in [2.05, 4.69) is 10.6 Å². The topological polar surface area (TPSA) is 50.4 Å². The van der Waals surface area contributed by atoms with E-state index in [9.17, 15) is 4.79 Å². The Bertz CT molecular complexity index is 249. The van der Waals surface area contributed by atoms with E-state index in [1.165, 1.54) is 11.5 Å². The lowest BCUT2D eigenvalue weighted by atomic mass is 10.2. The Kier molecular flexibility index (Phi) is 5.59. The van der Waals surface area contributed by atoms with Crippen LogP contribution >= 0.6 is 11.8 Å². The number of ether oxygens (including phenoxy) is 1. The molecule has 0 aromatic heterocycles. The van der Waals surface area contributed by atoms with Gasteiger partial charge in [-0.05, 0) is 40.7 Å². The van der Waals surface area contributed by atoms with Crippen molar-refractivity contribution < 1.29 is 9.53 Å².